The summed E-state index contributed by atoms with van der Waals surface area (Å²) in [6.45, 7) is 8.15. The molecule has 0 N–H and O–H groups in total. The Hall–Kier alpha value is -0.0351. The highest BCUT2D eigenvalue weighted by Crippen LogP contribution is 2.38. The predicted molar refractivity (Wildman–Crippen MR) is 84.1 cm³/mol. The van der Waals surface area contributed by atoms with E-state index < -0.39 is 7.12 Å². The molecule has 1 heterocycles. The first-order valence-corrected chi connectivity index (χ1v) is 7.66. The molecule has 0 saturated carbocycles. The van der Waals surface area contributed by atoms with Crippen LogP contribution in [0, 0.1) is 0 Å². The van der Waals surface area contributed by atoms with Crippen molar-refractivity contribution in [3.8, 4) is 5.75 Å². The maximum absolute atomic E-state index is 6.07. The number of methoxy groups -OCH3 is 1. The topological polar surface area (TPSA) is 27.7 Å². The molecule has 6 heteroatoms. The lowest BCUT2D eigenvalue weighted by molar-refractivity contribution is 0.00578. The maximum atomic E-state index is 6.07. The zero-order valence-corrected chi connectivity index (χ0v) is 14.9. The molecule has 2 rings (SSSR count). The van der Waals surface area contributed by atoms with Crippen molar-refractivity contribution >= 4 is 44.4 Å². The van der Waals surface area contributed by atoms with Crippen molar-refractivity contribution in [2.75, 3.05) is 7.11 Å². The Morgan fingerprint density at radius 1 is 1.05 bits per heavy atom. The van der Waals surface area contributed by atoms with Crippen LogP contribution in [0.5, 0.6) is 5.75 Å². The molecular formula is C13H17BBr2O3. The van der Waals surface area contributed by atoms with E-state index in [-0.39, 0.29) is 11.2 Å². The molecule has 19 heavy (non-hydrogen) atoms. The van der Waals surface area contributed by atoms with Gasteiger partial charge >= 0.3 is 7.12 Å². The summed E-state index contributed by atoms with van der Waals surface area (Å²) < 4.78 is 19.3. The Balaban J connectivity index is 2.45. The van der Waals surface area contributed by atoms with Crippen molar-refractivity contribution in [3.05, 3.63) is 21.1 Å². The lowest BCUT2D eigenvalue weighted by atomic mass is 9.79. The summed E-state index contributed by atoms with van der Waals surface area (Å²) in [5.74, 6) is 0.757. The molecule has 0 bridgehead atoms. The highest BCUT2D eigenvalue weighted by atomic mass is 79.9. The lowest BCUT2D eigenvalue weighted by Gasteiger charge is -2.32. The first-order chi connectivity index (χ1) is 8.69. The SMILES string of the molecule is COc1ccc(Br)c(B2OC(C)(C)C(C)(C)O2)c1Br. The molecule has 0 atom stereocenters. The number of halogens is 2. The van der Waals surface area contributed by atoms with Gasteiger partial charge in [0.25, 0.3) is 0 Å². The van der Waals surface area contributed by atoms with Crippen LogP contribution in [0.4, 0.5) is 0 Å². The highest BCUT2D eigenvalue weighted by Gasteiger charge is 2.52. The number of benzene rings is 1. The molecule has 0 radical (unpaired) electrons. The minimum Gasteiger partial charge on any atom is -0.496 e. The Morgan fingerprint density at radius 3 is 2.05 bits per heavy atom. The van der Waals surface area contributed by atoms with Crippen LogP contribution in [0.25, 0.3) is 0 Å². The molecule has 3 nitrogen and oxygen atoms in total. The van der Waals surface area contributed by atoms with E-state index in [2.05, 4.69) is 31.9 Å². The summed E-state index contributed by atoms with van der Waals surface area (Å²) >= 11 is 7.11. The minimum atomic E-state index is -0.427. The van der Waals surface area contributed by atoms with Gasteiger partial charge in [-0.05, 0) is 55.8 Å². The van der Waals surface area contributed by atoms with Crippen LogP contribution in [0.1, 0.15) is 27.7 Å². The Kier molecular flexibility index (Phi) is 4.09. The van der Waals surface area contributed by atoms with Gasteiger partial charge in [-0.3, -0.25) is 0 Å². The van der Waals surface area contributed by atoms with Crippen molar-refractivity contribution in [1.82, 2.24) is 0 Å². The van der Waals surface area contributed by atoms with E-state index in [9.17, 15) is 0 Å². The number of hydrogen-bond acceptors (Lipinski definition) is 3. The smallest absolute Gasteiger partial charge is 0.496 e. The molecule has 0 spiro atoms. The van der Waals surface area contributed by atoms with Gasteiger partial charge in [0.05, 0.1) is 22.8 Å². The van der Waals surface area contributed by atoms with E-state index in [1.807, 2.05) is 39.8 Å². The fourth-order valence-corrected chi connectivity index (χ4v) is 3.36. The van der Waals surface area contributed by atoms with Crippen molar-refractivity contribution in [2.45, 2.75) is 38.9 Å². The number of hydrogen-bond donors (Lipinski definition) is 0. The first-order valence-electron chi connectivity index (χ1n) is 6.07. The minimum absolute atomic E-state index is 0.361. The van der Waals surface area contributed by atoms with Crippen molar-refractivity contribution in [3.63, 3.8) is 0 Å². The van der Waals surface area contributed by atoms with Gasteiger partial charge in [0.2, 0.25) is 0 Å². The average Bonchev–Trinajstić information content (AvgIpc) is 2.48. The molecular weight excluding hydrogens is 375 g/mol. The van der Waals surface area contributed by atoms with Gasteiger partial charge in [0.1, 0.15) is 5.75 Å². The fraction of sp³-hybridized carbons (Fsp3) is 0.538. The third kappa shape index (κ3) is 2.60. The summed E-state index contributed by atoms with van der Waals surface area (Å²) in [7, 11) is 1.21. The van der Waals surface area contributed by atoms with Crippen LogP contribution >= 0.6 is 31.9 Å². The Bertz CT molecular complexity index is 487. The second-order valence-corrected chi connectivity index (χ2v) is 7.21. The van der Waals surface area contributed by atoms with Crippen LogP contribution in [-0.2, 0) is 9.31 Å². The summed E-state index contributed by atoms with van der Waals surface area (Å²) in [5.41, 5.74) is 0.192. The number of ether oxygens (including phenoxy) is 1. The number of rotatable bonds is 2. The highest BCUT2D eigenvalue weighted by molar-refractivity contribution is 9.11. The quantitative estimate of drug-likeness (QED) is 0.722. The molecule has 1 aliphatic rings. The Labute approximate surface area is 131 Å². The van der Waals surface area contributed by atoms with Crippen molar-refractivity contribution in [1.29, 1.82) is 0 Å². The van der Waals surface area contributed by atoms with Crippen LogP contribution in [0.2, 0.25) is 0 Å². The van der Waals surface area contributed by atoms with E-state index in [0.29, 0.717) is 0 Å². The largest absolute Gasteiger partial charge is 0.497 e. The predicted octanol–water partition coefficient (Wildman–Crippen LogP) is 3.52. The van der Waals surface area contributed by atoms with Gasteiger partial charge in [-0.1, -0.05) is 15.9 Å². The van der Waals surface area contributed by atoms with Crippen LogP contribution < -0.4 is 10.2 Å². The second-order valence-electron chi connectivity index (χ2n) is 5.57. The summed E-state index contributed by atoms with van der Waals surface area (Å²) in [6, 6.07) is 3.83. The lowest BCUT2D eigenvalue weighted by Crippen LogP contribution is -2.41. The van der Waals surface area contributed by atoms with Gasteiger partial charge in [-0.15, -0.1) is 0 Å². The summed E-state index contributed by atoms with van der Waals surface area (Å²) in [5, 5.41) is 0. The molecule has 0 aromatic heterocycles. The van der Waals surface area contributed by atoms with E-state index in [0.717, 1.165) is 20.2 Å². The maximum Gasteiger partial charge on any atom is 0.497 e. The van der Waals surface area contributed by atoms with Crippen LogP contribution in [0.3, 0.4) is 0 Å². The van der Waals surface area contributed by atoms with E-state index in [1.165, 1.54) is 0 Å². The zero-order valence-electron chi connectivity index (χ0n) is 11.7. The van der Waals surface area contributed by atoms with Crippen LogP contribution in [-0.4, -0.2) is 25.4 Å². The fourth-order valence-electron chi connectivity index (χ4n) is 1.88. The molecule has 0 aliphatic carbocycles. The van der Waals surface area contributed by atoms with E-state index >= 15 is 0 Å². The summed E-state index contributed by atoms with van der Waals surface area (Å²) in [4.78, 5) is 0. The molecule has 1 aromatic rings. The zero-order chi connectivity index (χ0) is 14.4. The molecule has 1 aromatic carbocycles. The standard InChI is InChI=1S/C13H17BBr2O3/c1-12(2)13(3,4)19-14(18-12)10-8(15)6-7-9(17-5)11(10)16/h6-7H,1-5H3. The molecule has 0 unspecified atom stereocenters. The van der Waals surface area contributed by atoms with Gasteiger partial charge in [-0.25, -0.2) is 0 Å². The second kappa shape index (κ2) is 5.06. The van der Waals surface area contributed by atoms with Crippen LogP contribution in [0.15, 0.2) is 21.1 Å². The average molecular weight is 392 g/mol. The van der Waals surface area contributed by atoms with E-state index in [4.69, 9.17) is 14.0 Å². The third-order valence-corrected chi connectivity index (χ3v) is 5.31. The molecule has 0 amide bonds. The monoisotopic (exact) mass is 390 g/mol. The van der Waals surface area contributed by atoms with Crippen molar-refractivity contribution < 1.29 is 14.0 Å². The van der Waals surface area contributed by atoms with Crippen molar-refractivity contribution in [2.24, 2.45) is 0 Å². The van der Waals surface area contributed by atoms with Gasteiger partial charge in [0.15, 0.2) is 0 Å². The first kappa shape index (κ1) is 15.4. The molecule has 1 fully saturated rings. The Morgan fingerprint density at radius 2 is 1.58 bits per heavy atom. The van der Waals surface area contributed by atoms with Gasteiger partial charge in [-0.2, -0.15) is 0 Å². The third-order valence-electron chi connectivity index (χ3n) is 3.80. The van der Waals surface area contributed by atoms with Gasteiger partial charge in [0, 0.05) is 9.94 Å². The molecule has 104 valence electrons. The molecule has 1 saturated heterocycles. The van der Waals surface area contributed by atoms with Gasteiger partial charge < -0.3 is 14.0 Å². The normalized spacial score (nSPS) is 20.7. The van der Waals surface area contributed by atoms with E-state index in [1.54, 1.807) is 7.11 Å². The molecule has 1 aliphatic heterocycles. The summed E-state index contributed by atoms with van der Waals surface area (Å²) in [6.07, 6.45) is 0.